The Bertz CT molecular complexity index is 839. The molecule has 2 heterocycles. The average molecular weight is 431 g/mol. The van der Waals surface area contributed by atoms with Crippen LogP contribution in [-0.4, -0.2) is 55.8 Å². The van der Waals surface area contributed by atoms with Gasteiger partial charge in [-0.1, -0.05) is 32.1 Å². The molecule has 0 aromatic heterocycles. The zero-order valence-corrected chi connectivity index (χ0v) is 17.7. The standard InChI is InChI=1S/C22H29N3O6/c1-29-21(27)17-9-15(14-5-3-2-4-6-14)11-25(17)12-20(26)24-22(28)23-16-7-8-18-19(10-16)31-13-30-18/h7-8,10,14-15,17H,2-6,9,11-13H2,1H3,(H2,23,24,26,28)/t15-,17-/m1/s1. The molecule has 0 bridgehead atoms. The van der Waals surface area contributed by atoms with E-state index in [4.69, 9.17) is 14.2 Å². The van der Waals surface area contributed by atoms with Crippen molar-refractivity contribution in [1.29, 1.82) is 0 Å². The first-order valence-electron chi connectivity index (χ1n) is 10.9. The molecule has 0 radical (unpaired) electrons. The van der Waals surface area contributed by atoms with Crippen LogP contribution in [0.4, 0.5) is 10.5 Å². The van der Waals surface area contributed by atoms with Gasteiger partial charge in [0, 0.05) is 18.3 Å². The van der Waals surface area contributed by atoms with E-state index in [1.807, 2.05) is 4.90 Å². The first-order chi connectivity index (χ1) is 15.0. The maximum atomic E-state index is 12.5. The van der Waals surface area contributed by atoms with Crippen molar-refractivity contribution in [2.75, 3.05) is 32.3 Å². The van der Waals surface area contributed by atoms with E-state index in [9.17, 15) is 14.4 Å². The van der Waals surface area contributed by atoms with E-state index >= 15 is 0 Å². The summed E-state index contributed by atoms with van der Waals surface area (Å²) in [4.78, 5) is 38.9. The summed E-state index contributed by atoms with van der Waals surface area (Å²) in [5.41, 5.74) is 0.487. The highest BCUT2D eigenvalue weighted by atomic mass is 16.7. The number of benzene rings is 1. The number of amides is 3. The molecule has 2 N–H and O–H groups in total. The summed E-state index contributed by atoms with van der Waals surface area (Å²) in [7, 11) is 1.37. The highest BCUT2D eigenvalue weighted by molar-refractivity contribution is 6.02. The summed E-state index contributed by atoms with van der Waals surface area (Å²) >= 11 is 0. The molecule has 1 aliphatic carbocycles. The minimum absolute atomic E-state index is 0.0302. The number of carbonyl (C=O) groups is 3. The molecule has 2 fully saturated rings. The fraction of sp³-hybridized carbons (Fsp3) is 0.591. The molecule has 0 spiro atoms. The van der Waals surface area contributed by atoms with Crippen LogP contribution in [0.2, 0.25) is 0 Å². The highest BCUT2D eigenvalue weighted by Gasteiger charge is 2.41. The van der Waals surface area contributed by atoms with Crippen molar-refractivity contribution in [2.24, 2.45) is 11.8 Å². The second kappa shape index (κ2) is 9.55. The minimum atomic E-state index is -0.637. The molecule has 0 unspecified atom stereocenters. The Balaban J connectivity index is 1.32. The van der Waals surface area contributed by atoms with Gasteiger partial charge >= 0.3 is 12.0 Å². The van der Waals surface area contributed by atoms with Crippen molar-refractivity contribution in [3.63, 3.8) is 0 Å². The lowest BCUT2D eigenvalue weighted by molar-refractivity contribution is -0.146. The molecule has 1 saturated heterocycles. The van der Waals surface area contributed by atoms with Crippen molar-refractivity contribution >= 4 is 23.6 Å². The summed E-state index contributed by atoms with van der Waals surface area (Å²) in [6.07, 6.45) is 6.78. The van der Waals surface area contributed by atoms with E-state index in [2.05, 4.69) is 10.6 Å². The van der Waals surface area contributed by atoms with Gasteiger partial charge in [0.05, 0.1) is 13.7 Å². The molecule has 1 saturated carbocycles. The third-order valence-electron chi connectivity index (χ3n) is 6.46. The second-order valence-corrected chi connectivity index (χ2v) is 8.43. The third kappa shape index (κ3) is 5.10. The number of nitrogens with zero attached hydrogens (tertiary/aromatic N) is 1. The lowest BCUT2D eigenvalue weighted by atomic mass is 9.79. The van der Waals surface area contributed by atoms with Crippen molar-refractivity contribution in [3.05, 3.63) is 18.2 Å². The monoisotopic (exact) mass is 431 g/mol. The van der Waals surface area contributed by atoms with Crippen LogP contribution in [-0.2, 0) is 14.3 Å². The van der Waals surface area contributed by atoms with Crippen molar-refractivity contribution in [3.8, 4) is 11.5 Å². The largest absolute Gasteiger partial charge is 0.468 e. The summed E-state index contributed by atoms with van der Waals surface area (Å²) < 4.78 is 15.5. The van der Waals surface area contributed by atoms with Gasteiger partial charge < -0.3 is 19.5 Å². The normalized spacial score (nSPS) is 23.4. The fourth-order valence-electron chi connectivity index (χ4n) is 4.93. The summed E-state index contributed by atoms with van der Waals surface area (Å²) in [5.74, 6) is 1.32. The summed E-state index contributed by atoms with van der Waals surface area (Å²) in [5, 5.41) is 4.96. The van der Waals surface area contributed by atoms with Gasteiger partial charge in [-0.25, -0.2) is 4.79 Å². The molecule has 9 nitrogen and oxygen atoms in total. The van der Waals surface area contributed by atoms with Crippen molar-refractivity contribution < 1.29 is 28.6 Å². The summed E-state index contributed by atoms with van der Waals surface area (Å²) in [6.45, 7) is 0.779. The highest BCUT2D eigenvalue weighted by Crippen LogP contribution is 2.37. The third-order valence-corrected chi connectivity index (χ3v) is 6.46. The Morgan fingerprint density at radius 2 is 1.87 bits per heavy atom. The Kier molecular flexibility index (Phi) is 6.60. The number of rotatable bonds is 5. The number of hydrogen-bond donors (Lipinski definition) is 2. The number of ether oxygens (including phenoxy) is 3. The molecule has 31 heavy (non-hydrogen) atoms. The minimum Gasteiger partial charge on any atom is -0.468 e. The molecule has 9 heteroatoms. The van der Waals surface area contributed by atoms with Crippen molar-refractivity contribution in [2.45, 2.75) is 44.6 Å². The molecule has 2 atom stereocenters. The molecule has 1 aromatic carbocycles. The number of anilines is 1. The number of carbonyl (C=O) groups excluding carboxylic acids is 3. The zero-order valence-electron chi connectivity index (χ0n) is 17.7. The molecule has 4 rings (SSSR count). The van der Waals surface area contributed by atoms with E-state index in [1.165, 1.54) is 39.2 Å². The zero-order chi connectivity index (χ0) is 21.8. The van der Waals surface area contributed by atoms with Crippen LogP contribution in [0.3, 0.4) is 0 Å². The van der Waals surface area contributed by atoms with Gasteiger partial charge in [0.2, 0.25) is 12.7 Å². The molecule has 2 aliphatic heterocycles. The lowest BCUT2D eigenvalue weighted by Crippen LogP contribution is -2.45. The molecule has 168 valence electrons. The Hall–Kier alpha value is -2.81. The van der Waals surface area contributed by atoms with Crippen LogP contribution in [0.1, 0.15) is 38.5 Å². The van der Waals surface area contributed by atoms with Gasteiger partial charge in [0.25, 0.3) is 0 Å². The first kappa shape index (κ1) is 21.4. The van der Waals surface area contributed by atoms with Crippen LogP contribution in [0, 0.1) is 11.8 Å². The van der Waals surface area contributed by atoms with E-state index in [-0.39, 0.29) is 19.3 Å². The van der Waals surface area contributed by atoms with Crippen LogP contribution in [0.25, 0.3) is 0 Å². The number of imide groups is 1. The quantitative estimate of drug-likeness (QED) is 0.690. The predicted molar refractivity (Wildman–Crippen MR) is 112 cm³/mol. The van der Waals surface area contributed by atoms with E-state index in [0.29, 0.717) is 42.0 Å². The molecular weight excluding hydrogens is 402 g/mol. The van der Waals surface area contributed by atoms with Crippen LogP contribution in [0.15, 0.2) is 18.2 Å². The topological polar surface area (TPSA) is 106 Å². The van der Waals surface area contributed by atoms with Gasteiger partial charge in [0.1, 0.15) is 6.04 Å². The van der Waals surface area contributed by atoms with E-state index < -0.39 is 18.0 Å². The number of methoxy groups -OCH3 is 1. The van der Waals surface area contributed by atoms with Gasteiger partial charge in [-0.05, 0) is 30.4 Å². The Morgan fingerprint density at radius 1 is 1.10 bits per heavy atom. The SMILES string of the molecule is COC(=O)[C@H]1C[C@@H](C2CCCCC2)CN1CC(=O)NC(=O)Nc1ccc2c(c1)OCO2. The van der Waals surface area contributed by atoms with Gasteiger partial charge in [-0.3, -0.25) is 19.8 Å². The number of fused-ring (bicyclic) bond motifs is 1. The molecular formula is C22H29N3O6. The van der Waals surface area contributed by atoms with E-state index in [0.717, 1.165) is 0 Å². The number of hydrogen-bond acceptors (Lipinski definition) is 7. The van der Waals surface area contributed by atoms with Crippen LogP contribution >= 0.6 is 0 Å². The average Bonchev–Trinajstić information content (AvgIpc) is 3.40. The lowest BCUT2D eigenvalue weighted by Gasteiger charge is -2.27. The maximum absolute atomic E-state index is 12.5. The van der Waals surface area contributed by atoms with Gasteiger partial charge in [-0.15, -0.1) is 0 Å². The molecule has 1 aromatic rings. The molecule has 3 amide bonds. The summed E-state index contributed by atoms with van der Waals surface area (Å²) in [6, 6.07) is 3.91. The number of nitrogens with one attached hydrogen (secondary N) is 2. The first-order valence-corrected chi connectivity index (χ1v) is 10.9. The smallest absolute Gasteiger partial charge is 0.325 e. The van der Waals surface area contributed by atoms with E-state index in [1.54, 1.807) is 18.2 Å². The van der Waals surface area contributed by atoms with Crippen LogP contribution < -0.4 is 20.1 Å². The van der Waals surface area contributed by atoms with Crippen LogP contribution in [0.5, 0.6) is 11.5 Å². The number of urea groups is 1. The Labute approximate surface area is 181 Å². The van der Waals surface area contributed by atoms with Gasteiger partial charge in [-0.2, -0.15) is 0 Å². The predicted octanol–water partition coefficient (Wildman–Crippen LogP) is 2.51. The number of likely N-dealkylation sites (tertiary alicyclic amines) is 1. The fourth-order valence-corrected chi connectivity index (χ4v) is 4.93. The maximum Gasteiger partial charge on any atom is 0.325 e. The number of esters is 1. The second-order valence-electron chi connectivity index (χ2n) is 8.43. The molecule has 3 aliphatic rings. The van der Waals surface area contributed by atoms with Crippen molar-refractivity contribution in [1.82, 2.24) is 10.2 Å². The van der Waals surface area contributed by atoms with Gasteiger partial charge in [0.15, 0.2) is 11.5 Å². The Morgan fingerprint density at radius 3 is 2.65 bits per heavy atom.